The molecule has 2 aromatic carbocycles. The standard InChI is InChI=1S/C23H25NO6/c1-27-16-6-4-15(5-7-16)22(26)24-12-10-23(11-13-24)14-18(25)17-8-9-19(28-2)21(29-3)20(17)30-23/h4-9H,10-14H2,1-3H3. The van der Waals surface area contributed by atoms with Gasteiger partial charge in [0.25, 0.3) is 5.91 Å². The third-order valence-electron chi connectivity index (χ3n) is 5.90. The Balaban J connectivity index is 1.52. The lowest BCUT2D eigenvalue weighted by atomic mass is 9.82. The van der Waals surface area contributed by atoms with Gasteiger partial charge in [-0.25, -0.2) is 0 Å². The molecular formula is C23H25NO6. The highest BCUT2D eigenvalue weighted by Crippen LogP contribution is 2.47. The molecule has 0 unspecified atom stereocenters. The molecule has 2 heterocycles. The number of ether oxygens (including phenoxy) is 4. The highest BCUT2D eigenvalue weighted by Gasteiger charge is 2.45. The Morgan fingerprint density at radius 1 is 0.967 bits per heavy atom. The third kappa shape index (κ3) is 3.44. The number of methoxy groups -OCH3 is 3. The van der Waals surface area contributed by atoms with Crippen LogP contribution >= 0.6 is 0 Å². The number of amides is 1. The van der Waals surface area contributed by atoms with E-state index in [9.17, 15) is 9.59 Å². The van der Waals surface area contributed by atoms with E-state index in [1.807, 2.05) is 0 Å². The molecule has 0 atom stereocenters. The van der Waals surface area contributed by atoms with Crippen molar-refractivity contribution in [1.82, 2.24) is 4.90 Å². The second-order valence-electron chi connectivity index (χ2n) is 7.58. The van der Waals surface area contributed by atoms with Crippen LogP contribution in [0.3, 0.4) is 0 Å². The summed E-state index contributed by atoms with van der Waals surface area (Å²) in [5, 5.41) is 0. The molecule has 0 radical (unpaired) electrons. The minimum Gasteiger partial charge on any atom is -0.497 e. The molecule has 2 aliphatic rings. The van der Waals surface area contributed by atoms with E-state index in [0.29, 0.717) is 66.5 Å². The summed E-state index contributed by atoms with van der Waals surface area (Å²) >= 11 is 0. The van der Waals surface area contributed by atoms with E-state index in [-0.39, 0.29) is 11.7 Å². The molecule has 7 heteroatoms. The van der Waals surface area contributed by atoms with E-state index in [4.69, 9.17) is 18.9 Å². The lowest BCUT2D eigenvalue weighted by Gasteiger charge is -2.44. The number of Topliss-reactive ketones (excluding diaryl/α,β-unsaturated/α-hetero) is 1. The largest absolute Gasteiger partial charge is 0.497 e. The predicted octanol–water partition coefficient (Wildman–Crippen LogP) is 3.35. The highest BCUT2D eigenvalue weighted by molar-refractivity contribution is 6.01. The monoisotopic (exact) mass is 411 g/mol. The number of benzene rings is 2. The summed E-state index contributed by atoms with van der Waals surface area (Å²) in [5.74, 6) is 2.08. The molecule has 0 N–H and O–H groups in total. The summed E-state index contributed by atoms with van der Waals surface area (Å²) in [6.45, 7) is 1.03. The number of likely N-dealkylation sites (tertiary alicyclic amines) is 1. The normalized spacial score (nSPS) is 17.2. The van der Waals surface area contributed by atoms with Crippen LogP contribution in [0, 0.1) is 0 Å². The van der Waals surface area contributed by atoms with Crippen LogP contribution in [-0.2, 0) is 0 Å². The topological polar surface area (TPSA) is 74.3 Å². The van der Waals surface area contributed by atoms with Gasteiger partial charge in [0.15, 0.2) is 17.3 Å². The van der Waals surface area contributed by atoms with Crippen molar-refractivity contribution in [3.05, 3.63) is 47.5 Å². The molecule has 0 aliphatic carbocycles. The first-order valence-electron chi connectivity index (χ1n) is 9.91. The van der Waals surface area contributed by atoms with Crippen LogP contribution in [-0.4, -0.2) is 56.6 Å². The van der Waals surface area contributed by atoms with Crippen molar-refractivity contribution >= 4 is 11.7 Å². The van der Waals surface area contributed by atoms with Crippen LogP contribution in [0.2, 0.25) is 0 Å². The molecule has 30 heavy (non-hydrogen) atoms. The van der Waals surface area contributed by atoms with Crippen LogP contribution < -0.4 is 18.9 Å². The van der Waals surface area contributed by atoms with Gasteiger partial charge in [0, 0.05) is 31.5 Å². The number of rotatable bonds is 4. The van der Waals surface area contributed by atoms with E-state index in [1.54, 1.807) is 55.5 Å². The molecule has 2 aliphatic heterocycles. The molecule has 1 amide bonds. The van der Waals surface area contributed by atoms with Gasteiger partial charge in [0.1, 0.15) is 11.4 Å². The van der Waals surface area contributed by atoms with Crippen LogP contribution in [0.1, 0.15) is 40.0 Å². The van der Waals surface area contributed by atoms with Gasteiger partial charge < -0.3 is 23.8 Å². The number of carbonyl (C=O) groups is 2. The molecule has 1 fully saturated rings. The Hall–Kier alpha value is -3.22. The Morgan fingerprint density at radius 3 is 2.27 bits per heavy atom. The zero-order chi connectivity index (χ0) is 21.3. The number of carbonyl (C=O) groups excluding carboxylic acids is 2. The first-order chi connectivity index (χ1) is 14.5. The van der Waals surface area contributed by atoms with E-state index < -0.39 is 5.60 Å². The molecule has 1 spiro atoms. The Labute approximate surface area is 175 Å². The summed E-state index contributed by atoms with van der Waals surface area (Å²) in [6, 6.07) is 10.5. The second-order valence-corrected chi connectivity index (χ2v) is 7.58. The van der Waals surface area contributed by atoms with Gasteiger partial charge in [-0.15, -0.1) is 0 Å². The van der Waals surface area contributed by atoms with Crippen molar-refractivity contribution < 1.29 is 28.5 Å². The molecule has 7 nitrogen and oxygen atoms in total. The Bertz CT molecular complexity index is 960. The predicted molar refractivity (Wildman–Crippen MR) is 110 cm³/mol. The Morgan fingerprint density at radius 2 is 1.67 bits per heavy atom. The number of hydrogen-bond donors (Lipinski definition) is 0. The molecule has 4 rings (SSSR count). The molecule has 0 aromatic heterocycles. The number of piperidine rings is 1. The molecule has 2 aromatic rings. The summed E-state index contributed by atoms with van der Waals surface area (Å²) in [7, 11) is 4.67. The fraction of sp³-hybridized carbons (Fsp3) is 0.391. The van der Waals surface area contributed by atoms with E-state index in [0.717, 1.165) is 0 Å². The maximum absolute atomic E-state index is 12.9. The van der Waals surface area contributed by atoms with Crippen molar-refractivity contribution in [2.45, 2.75) is 24.9 Å². The van der Waals surface area contributed by atoms with Gasteiger partial charge in [-0.3, -0.25) is 9.59 Å². The lowest BCUT2D eigenvalue weighted by Crippen LogP contribution is -2.52. The SMILES string of the molecule is COc1ccc(C(=O)N2CCC3(CC2)CC(=O)c2ccc(OC)c(OC)c2O3)cc1. The number of nitrogens with zero attached hydrogens (tertiary/aromatic N) is 1. The smallest absolute Gasteiger partial charge is 0.253 e. The van der Waals surface area contributed by atoms with Gasteiger partial charge >= 0.3 is 0 Å². The van der Waals surface area contributed by atoms with Crippen LogP contribution in [0.4, 0.5) is 0 Å². The molecule has 1 saturated heterocycles. The first-order valence-corrected chi connectivity index (χ1v) is 9.91. The lowest BCUT2D eigenvalue weighted by molar-refractivity contribution is -0.00745. The number of ketones is 1. The number of hydrogen-bond acceptors (Lipinski definition) is 6. The molecule has 0 bridgehead atoms. The Kier molecular flexibility index (Phi) is 5.28. The van der Waals surface area contributed by atoms with Crippen molar-refractivity contribution in [3.8, 4) is 23.0 Å². The summed E-state index contributed by atoms with van der Waals surface area (Å²) in [5.41, 5.74) is 0.486. The van der Waals surface area contributed by atoms with Crippen molar-refractivity contribution in [1.29, 1.82) is 0 Å². The van der Waals surface area contributed by atoms with Crippen molar-refractivity contribution in [3.63, 3.8) is 0 Å². The van der Waals surface area contributed by atoms with Crippen LogP contribution in [0.5, 0.6) is 23.0 Å². The fourth-order valence-electron chi connectivity index (χ4n) is 4.17. The summed E-state index contributed by atoms with van der Waals surface area (Å²) < 4.78 is 22.4. The van der Waals surface area contributed by atoms with Gasteiger partial charge in [-0.1, -0.05) is 0 Å². The van der Waals surface area contributed by atoms with Gasteiger partial charge in [0.05, 0.1) is 33.3 Å². The van der Waals surface area contributed by atoms with Gasteiger partial charge in [-0.05, 0) is 36.4 Å². The molecule has 0 saturated carbocycles. The van der Waals surface area contributed by atoms with Gasteiger partial charge in [0.2, 0.25) is 5.75 Å². The van der Waals surface area contributed by atoms with Crippen molar-refractivity contribution in [2.75, 3.05) is 34.4 Å². The fourth-order valence-corrected chi connectivity index (χ4v) is 4.17. The van der Waals surface area contributed by atoms with E-state index in [2.05, 4.69) is 0 Å². The van der Waals surface area contributed by atoms with Gasteiger partial charge in [-0.2, -0.15) is 0 Å². The minimum absolute atomic E-state index is 0.0205. The zero-order valence-electron chi connectivity index (χ0n) is 17.4. The average molecular weight is 411 g/mol. The van der Waals surface area contributed by atoms with E-state index >= 15 is 0 Å². The maximum Gasteiger partial charge on any atom is 0.253 e. The second kappa shape index (κ2) is 7.89. The summed E-state index contributed by atoms with van der Waals surface area (Å²) in [4.78, 5) is 27.5. The highest BCUT2D eigenvalue weighted by atomic mass is 16.5. The molecular weight excluding hydrogens is 386 g/mol. The third-order valence-corrected chi connectivity index (χ3v) is 5.90. The maximum atomic E-state index is 12.9. The number of fused-ring (bicyclic) bond motifs is 1. The summed E-state index contributed by atoms with van der Waals surface area (Å²) in [6.07, 6.45) is 1.43. The van der Waals surface area contributed by atoms with Crippen LogP contribution in [0.25, 0.3) is 0 Å². The molecule has 158 valence electrons. The first kappa shape index (κ1) is 20.1. The minimum atomic E-state index is -0.638. The van der Waals surface area contributed by atoms with Crippen LogP contribution in [0.15, 0.2) is 36.4 Å². The quantitative estimate of drug-likeness (QED) is 0.768. The average Bonchev–Trinajstić information content (AvgIpc) is 2.78. The zero-order valence-corrected chi connectivity index (χ0v) is 17.4. The van der Waals surface area contributed by atoms with Crippen molar-refractivity contribution in [2.24, 2.45) is 0 Å². The van der Waals surface area contributed by atoms with E-state index in [1.165, 1.54) is 7.11 Å².